The standard InChI is InChI=1S/C13H19N3O3/c1-16(9-10-5-3-4-6-19-10)12-8-14-7-11(15-12)13(17)18-2/h7-8,10H,3-6,9H2,1-2H3. The maximum Gasteiger partial charge on any atom is 0.358 e. The van der Waals surface area contributed by atoms with Gasteiger partial charge in [0.05, 0.1) is 25.6 Å². The van der Waals surface area contributed by atoms with E-state index in [1.807, 2.05) is 11.9 Å². The van der Waals surface area contributed by atoms with Gasteiger partial charge in [0, 0.05) is 20.2 Å². The SMILES string of the molecule is COC(=O)c1cncc(N(C)CC2CCCCO2)n1. The van der Waals surface area contributed by atoms with Gasteiger partial charge >= 0.3 is 5.97 Å². The van der Waals surface area contributed by atoms with Crippen molar-refractivity contribution in [3.8, 4) is 0 Å². The molecule has 0 aromatic carbocycles. The largest absolute Gasteiger partial charge is 0.464 e. The molecule has 1 atom stereocenters. The van der Waals surface area contributed by atoms with Crippen LogP contribution in [-0.2, 0) is 9.47 Å². The van der Waals surface area contributed by atoms with Crippen LogP contribution < -0.4 is 4.90 Å². The van der Waals surface area contributed by atoms with Crippen molar-refractivity contribution in [3.63, 3.8) is 0 Å². The number of carbonyl (C=O) groups is 1. The molecule has 0 bridgehead atoms. The zero-order valence-electron chi connectivity index (χ0n) is 11.3. The molecule has 6 nitrogen and oxygen atoms in total. The molecule has 0 aliphatic carbocycles. The summed E-state index contributed by atoms with van der Waals surface area (Å²) >= 11 is 0. The van der Waals surface area contributed by atoms with Gasteiger partial charge in [0.1, 0.15) is 5.82 Å². The molecule has 0 saturated carbocycles. The van der Waals surface area contributed by atoms with E-state index in [1.165, 1.54) is 19.7 Å². The molecule has 0 amide bonds. The Morgan fingerprint density at radius 2 is 2.37 bits per heavy atom. The van der Waals surface area contributed by atoms with Gasteiger partial charge in [-0.3, -0.25) is 4.98 Å². The maximum absolute atomic E-state index is 11.4. The minimum Gasteiger partial charge on any atom is -0.464 e. The van der Waals surface area contributed by atoms with E-state index in [9.17, 15) is 4.79 Å². The Kier molecular flexibility index (Phi) is 4.68. The normalized spacial score (nSPS) is 18.9. The van der Waals surface area contributed by atoms with Crippen LogP contribution in [0, 0.1) is 0 Å². The molecule has 104 valence electrons. The summed E-state index contributed by atoms with van der Waals surface area (Å²) < 4.78 is 10.3. The third kappa shape index (κ3) is 3.64. The Bertz CT molecular complexity index is 433. The fourth-order valence-corrected chi connectivity index (χ4v) is 2.09. The Labute approximate surface area is 112 Å². The zero-order chi connectivity index (χ0) is 13.7. The van der Waals surface area contributed by atoms with Gasteiger partial charge in [0.25, 0.3) is 0 Å². The Morgan fingerprint density at radius 3 is 3.05 bits per heavy atom. The molecular formula is C13H19N3O3. The number of nitrogens with zero attached hydrogens (tertiary/aromatic N) is 3. The number of esters is 1. The number of ether oxygens (including phenoxy) is 2. The highest BCUT2D eigenvalue weighted by atomic mass is 16.5. The van der Waals surface area contributed by atoms with E-state index >= 15 is 0 Å². The van der Waals surface area contributed by atoms with Crippen LogP contribution in [0.2, 0.25) is 0 Å². The number of aromatic nitrogens is 2. The highest BCUT2D eigenvalue weighted by Crippen LogP contribution is 2.16. The quantitative estimate of drug-likeness (QED) is 0.764. The third-order valence-electron chi connectivity index (χ3n) is 3.16. The summed E-state index contributed by atoms with van der Waals surface area (Å²) in [6, 6.07) is 0. The number of likely N-dealkylation sites (N-methyl/N-ethyl adjacent to an activating group) is 1. The first-order valence-corrected chi connectivity index (χ1v) is 6.44. The van der Waals surface area contributed by atoms with Gasteiger partial charge in [0.2, 0.25) is 0 Å². The molecule has 19 heavy (non-hydrogen) atoms. The molecule has 1 fully saturated rings. The number of rotatable bonds is 4. The summed E-state index contributed by atoms with van der Waals surface area (Å²) in [5.74, 6) is 0.175. The Morgan fingerprint density at radius 1 is 1.53 bits per heavy atom. The summed E-state index contributed by atoms with van der Waals surface area (Å²) in [6.07, 6.45) is 6.66. The lowest BCUT2D eigenvalue weighted by Gasteiger charge is -2.27. The summed E-state index contributed by atoms with van der Waals surface area (Å²) in [4.78, 5) is 21.6. The highest BCUT2D eigenvalue weighted by molar-refractivity contribution is 5.87. The predicted molar refractivity (Wildman–Crippen MR) is 70.2 cm³/mol. The number of carbonyl (C=O) groups excluding carboxylic acids is 1. The van der Waals surface area contributed by atoms with Crippen molar-refractivity contribution in [1.29, 1.82) is 0 Å². The summed E-state index contributed by atoms with van der Waals surface area (Å²) in [7, 11) is 3.25. The van der Waals surface area contributed by atoms with Gasteiger partial charge in [-0.05, 0) is 19.3 Å². The topological polar surface area (TPSA) is 64.5 Å². The van der Waals surface area contributed by atoms with Gasteiger partial charge in [-0.25, -0.2) is 9.78 Å². The van der Waals surface area contributed by atoms with Gasteiger partial charge in [-0.15, -0.1) is 0 Å². The molecule has 1 unspecified atom stereocenters. The minimum absolute atomic E-state index is 0.219. The number of methoxy groups -OCH3 is 1. The van der Waals surface area contributed by atoms with Gasteiger partial charge in [-0.1, -0.05) is 0 Å². The second-order valence-corrected chi connectivity index (χ2v) is 4.62. The van der Waals surface area contributed by atoms with Crippen LogP contribution in [0.25, 0.3) is 0 Å². The van der Waals surface area contributed by atoms with Crippen LogP contribution in [0.3, 0.4) is 0 Å². The van der Waals surface area contributed by atoms with E-state index in [2.05, 4.69) is 14.7 Å². The first-order chi connectivity index (χ1) is 9.20. The highest BCUT2D eigenvalue weighted by Gasteiger charge is 2.17. The van der Waals surface area contributed by atoms with Crippen LogP contribution in [0.1, 0.15) is 29.8 Å². The maximum atomic E-state index is 11.4. The van der Waals surface area contributed by atoms with Crippen LogP contribution in [0.15, 0.2) is 12.4 Å². The number of anilines is 1. The van der Waals surface area contributed by atoms with Crippen LogP contribution in [-0.4, -0.2) is 49.4 Å². The van der Waals surface area contributed by atoms with Crippen LogP contribution >= 0.6 is 0 Å². The fourth-order valence-electron chi connectivity index (χ4n) is 2.09. The second-order valence-electron chi connectivity index (χ2n) is 4.62. The van der Waals surface area contributed by atoms with E-state index in [4.69, 9.17) is 4.74 Å². The lowest BCUT2D eigenvalue weighted by molar-refractivity contribution is 0.0215. The van der Waals surface area contributed by atoms with Crippen molar-refractivity contribution in [2.24, 2.45) is 0 Å². The third-order valence-corrected chi connectivity index (χ3v) is 3.16. The molecule has 1 aromatic rings. The zero-order valence-corrected chi connectivity index (χ0v) is 11.3. The van der Waals surface area contributed by atoms with Crippen LogP contribution in [0.4, 0.5) is 5.82 Å². The smallest absolute Gasteiger partial charge is 0.358 e. The Balaban J connectivity index is 2.01. The Hall–Kier alpha value is -1.69. The molecule has 0 radical (unpaired) electrons. The molecule has 1 aliphatic rings. The molecule has 1 aromatic heterocycles. The van der Waals surface area contributed by atoms with E-state index in [-0.39, 0.29) is 11.8 Å². The molecular weight excluding hydrogens is 246 g/mol. The van der Waals surface area contributed by atoms with E-state index in [0.29, 0.717) is 5.82 Å². The lowest BCUT2D eigenvalue weighted by Crippen LogP contribution is -2.34. The van der Waals surface area contributed by atoms with Gasteiger partial charge in [0.15, 0.2) is 5.69 Å². The monoisotopic (exact) mass is 265 g/mol. The van der Waals surface area contributed by atoms with E-state index in [0.717, 1.165) is 26.0 Å². The minimum atomic E-state index is -0.475. The average Bonchev–Trinajstić information content (AvgIpc) is 2.47. The molecule has 1 aliphatic heterocycles. The van der Waals surface area contributed by atoms with Crippen molar-refractivity contribution in [2.45, 2.75) is 25.4 Å². The lowest BCUT2D eigenvalue weighted by atomic mass is 10.1. The first kappa shape index (κ1) is 13.7. The van der Waals surface area contributed by atoms with Crippen molar-refractivity contribution >= 4 is 11.8 Å². The predicted octanol–water partition coefficient (Wildman–Crippen LogP) is 1.27. The molecule has 6 heteroatoms. The van der Waals surface area contributed by atoms with Gasteiger partial charge in [-0.2, -0.15) is 0 Å². The second kappa shape index (κ2) is 6.47. The number of hydrogen-bond acceptors (Lipinski definition) is 6. The number of hydrogen-bond donors (Lipinski definition) is 0. The summed E-state index contributed by atoms with van der Waals surface area (Å²) in [5.41, 5.74) is 0.219. The summed E-state index contributed by atoms with van der Waals surface area (Å²) in [5, 5.41) is 0. The van der Waals surface area contributed by atoms with Crippen molar-refractivity contribution in [3.05, 3.63) is 18.1 Å². The molecule has 0 N–H and O–H groups in total. The first-order valence-electron chi connectivity index (χ1n) is 6.44. The van der Waals surface area contributed by atoms with Crippen molar-refractivity contribution in [1.82, 2.24) is 9.97 Å². The van der Waals surface area contributed by atoms with E-state index < -0.39 is 5.97 Å². The molecule has 0 spiro atoms. The van der Waals surface area contributed by atoms with Gasteiger partial charge < -0.3 is 14.4 Å². The average molecular weight is 265 g/mol. The molecule has 2 heterocycles. The van der Waals surface area contributed by atoms with Crippen LogP contribution in [0.5, 0.6) is 0 Å². The molecule has 1 saturated heterocycles. The van der Waals surface area contributed by atoms with Crippen molar-refractivity contribution < 1.29 is 14.3 Å². The van der Waals surface area contributed by atoms with Crippen molar-refractivity contribution in [2.75, 3.05) is 32.2 Å². The fraction of sp³-hybridized carbons (Fsp3) is 0.615. The molecule has 2 rings (SSSR count). The summed E-state index contributed by atoms with van der Waals surface area (Å²) in [6.45, 7) is 1.58. The van der Waals surface area contributed by atoms with E-state index in [1.54, 1.807) is 6.20 Å².